The molecule has 1 heterocycles. The van der Waals surface area contributed by atoms with Crippen LogP contribution in [-0.4, -0.2) is 50.6 Å². The molecule has 0 N–H and O–H groups in total. The summed E-state index contributed by atoms with van der Waals surface area (Å²) in [5.74, 6) is -0.193. The van der Waals surface area contributed by atoms with Gasteiger partial charge in [0.25, 0.3) is 0 Å². The minimum atomic E-state index is -0.478. The van der Waals surface area contributed by atoms with Crippen LogP contribution in [0, 0.1) is 5.82 Å². The largest absolute Gasteiger partial charge is 0.444 e. The van der Waals surface area contributed by atoms with Crippen molar-refractivity contribution in [2.24, 2.45) is 0 Å². The Kier molecular flexibility index (Phi) is 4.44. The van der Waals surface area contributed by atoms with Gasteiger partial charge in [-0.05, 0) is 32.9 Å². The minimum Gasteiger partial charge on any atom is -0.444 e. The summed E-state index contributed by atoms with van der Waals surface area (Å²) in [6.45, 7) is 8.11. The average Bonchev–Trinajstić information content (AvgIpc) is 2.40. The predicted molar refractivity (Wildman–Crippen MR) is 84.6 cm³/mol. The molecule has 0 unspecified atom stereocenters. The van der Waals surface area contributed by atoms with E-state index in [1.807, 2.05) is 26.8 Å². The molecule has 1 aromatic rings. The summed E-state index contributed by atoms with van der Waals surface area (Å²) in [6.07, 6.45) is -0.280. The normalized spacial score (nSPS) is 16.0. The molecule has 114 valence electrons. The maximum atomic E-state index is 13.6. The lowest BCUT2D eigenvalue weighted by atomic mass is 9.95. The van der Waals surface area contributed by atoms with Crippen molar-refractivity contribution >= 4 is 25.1 Å². The molecule has 1 saturated heterocycles. The number of amides is 1. The summed E-state index contributed by atoms with van der Waals surface area (Å²) < 4.78 is 19.0. The maximum absolute atomic E-state index is 13.6. The van der Waals surface area contributed by atoms with Crippen molar-refractivity contribution in [3.63, 3.8) is 0 Å². The van der Waals surface area contributed by atoms with E-state index in [0.29, 0.717) is 31.6 Å². The zero-order chi connectivity index (χ0) is 15.6. The zero-order valence-corrected chi connectivity index (χ0v) is 13.1. The van der Waals surface area contributed by atoms with E-state index in [0.717, 1.165) is 5.69 Å². The van der Waals surface area contributed by atoms with Gasteiger partial charge < -0.3 is 14.5 Å². The first kappa shape index (κ1) is 15.7. The molecule has 1 fully saturated rings. The van der Waals surface area contributed by atoms with E-state index in [4.69, 9.17) is 4.74 Å². The molecule has 1 aliphatic heterocycles. The summed E-state index contributed by atoms with van der Waals surface area (Å²) in [4.78, 5) is 15.8. The highest BCUT2D eigenvalue weighted by atomic mass is 19.1. The van der Waals surface area contributed by atoms with Gasteiger partial charge in [-0.25, -0.2) is 9.18 Å². The monoisotopic (exact) mass is 292 g/mol. The molecule has 0 aliphatic carbocycles. The first-order chi connectivity index (χ1) is 9.76. The first-order valence-corrected chi connectivity index (χ1v) is 7.25. The third-order valence-corrected chi connectivity index (χ3v) is 3.45. The molecular formula is C15H22BFN2O2. The fourth-order valence-corrected chi connectivity index (χ4v) is 2.25. The standard InChI is InChI=1S/C15H22BFN2O2/c1-15(2,3)21-14(20)19-8-6-18(7-9-19)11-4-5-12(16)13(17)10-11/h4-5,10H,6-9,16H2,1-3H3. The van der Waals surface area contributed by atoms with Gasteiger partial charge in [0.05, 0.1) is 0 Å². The van der Waals surface area contributed by atoms with Crippen LogP contribution in [0.4, 0.5) is 14.9 Å². The van der Waals surface area contributed by atoms with Crippen molar-refractivity contribution in [2.45, 2.75) is 26.4 Å². The molecule has 21 heavy (non-hydrogen) atoms. The van der Waals surface area contributed by atoms with Crippen LogP contribution in [0.2, 0.25) is 0 Å². The average molecular weight is 292 g/mol. The predicted octanol–water partition coefficient (Wildman–Crippen LogP) is 1.14. The number of hydrogen-bond donors (Lipinski definition) is 0. The molecule has 1 aromatic carbocycles. The van der Waals surface area contributed by atoms with E-state index in [2.05, 4.69) is 4.90 Å². The smallest absolute Gasteiger partial charge is 0.410 e. The van der Waals surface area contributed by atoms with Gasteiger partial charge in [-0.15, -0.1) is 0 Å². The highest BCUT2D eigenvalue weighted by Gasteiger charge is 2.26. The molecule has 0 bridgehead atoms. The number of halogens is 1. The van der Waals surface area contributed by atoms with Crippen molar-refractivity contribution < 1.29 is 13.9 Å². The van der Waals surface area contributed by atoms with E-state index in [1.165, 1.54) is 0 Å². The van der Waals surface area contributed by atoms with E-state index in [1.54, 1.807) is 24.9 Å². The number of ether oxygens (including phenoxy) is 1. The summed E-state index contributed by atoms with van der Waals surface area (Å²) in [7, 11) is 1.75. The lowest BCUT2D eigenvalue weighted by molar-refractivity contribution is 0.0240. The molecule has 1 aliphatic rings. The van der Waals surface area contributed by atoms with Crippen LogP contribution in [0.25, 0.3) is 0 Å². The Hall–Kier alpha value is -1.72. The molecule has 1 amide bonds. The van der Waals surface area contributed by atoms with Crippen molar-refractivity contribution in [1.82, 2.24) is 4.90 Å². The molecule has 0 atom stereocenters. The van der Waals surface area contributed by atoms with Gasteiger partial charge >= 0.3 is 6.09 Å². The third kappa shape index (κ3) is 4.13. The summed E-state index contributed by atoms with van der Waals surface area (Å²) in [5.41, 5.74) is 1.03. The fraction of sp³-hybridized carbons (Fsp3) is 0.533. The van der Waals surface area contributed by atoms with Crippen LogP contribution in [-0.2, 0) is 4.74 Å². The van der Waals surface area contributed by atoms with Crippen molar-refractivity contribution in [1.29, 1.82) is 0 Å². The fourth-order valence-electron chi connectivity index (χ4n) is 2.25. The lowest BCUT2D eigenvalue weighted by Crippen LogP contribution is -2.50. The van der Waals surface area contributed by atoms with Gasteiger partial charge in [-0.2, -0.15) is 0 Å². The summed E-state index contributed by atoms with van der Waals surface area (Å²) in [5, 5.41) is 0. The maximum Gasteiger partial charge on any atom is 0.410 e. The quantitative estimate of drug-likeness (QED) is 0.728. The van der Waals surface area contributed by atoms with E-state index in [9.17, 15) is 9.18 Å². The Bertz CT molecular complexity index is 523. The van der Waals surface area contributed by atoms with Gasteiger partial charge in [-0.1, -0.05) is 11.5 Å². The van der Waals surface area contributed by atoms with Gasteiger partial charge in [0.15, 0.2) is 0 Å². The number of piperazine rings is 1. The highest BCUT2D eigenvalue weighted by Crippen LogP contribution is 2.18. The van der Waals surface area contributed by atoms with Crippen molar-refractivity contribution in [3.8, 4) is 0 Å². The topological polar surface area (TPSA) is 32.8 Å². The van der Waals surface area contributed by atoms with E-state index >= 15 is 0 Å². The number of hydrogen-bond acceptors (Lipinski definition) is 3. The van der Waals surface area contributed by atoms with Crippen LogP contribution >= 0.6 is 0 Å². The number of benzene rings is 1. The van der Waals surface area contributed by atoms with Crippen LogP contribution in [0.15, 0.2) is 18.2 Å². The number of anilines is 1. The Labute approximate surface area is 126 Å². The number of carbonyl (C=O) groups is 1. The van der Waals surface area contributed by atoms with E-state index < -0.39 is 5.60 Å². The number of rotatable bonds is 1. The van der Waals surface area contributed by atoms with Crippen LogP contribution < -0.4 is 10.4 Å². The Morgan fingerprint density at radius 1 is 1.24 bits per heavy atom. The van der Waals surface area contributed by atoms with Gasteiger partial charge in [-0.3, -0.25) is 0 Å². The van der Waals surface area contributed by atoms with Crippen molar-refractivity contribution in [3.05, 3.63) is 24.0 Å². The SMILES string of the molecule is Bc1ccc(N2CCN(C(=O)OC(C)(C)C)CC2)cc1F. The molecule has 0 saturated carbocycles. The highest BCUT2D eigenvalue weighted by molar-refractivity contribution is 6.32. The molecule has 6 heteroatoms. The molecular weight excluding hydrogens is 270 g/mol. The summed E-state index contributed by atoms with van der Waals surface area (Å²) >= 11 is 0. The first-order valence-electron chi connectivity index (χ1n) is 7.25. The molecule has 2 rings (SSSR count). The molecule has 0 spiro atoms. The van der Waals surface area contributed by atoms with E-state index in [-0.39, 0.29) is 11.9 Å². The van der Waals surface area contributed by atoms with Gasteiger partial charge in [0.1, 0.15) is 19.3 Å². The lowest BCUT2D eigenvalue weighted by Gasteiger charge is -2.36. The minimum absolute atomic E-state index is 0.193. The Morgan fingerprint density at radius 2 is 1.86 bits per heavy atom. The molecule has 0 radical (unpaired) electrons. The molecule has 0 aromatic heterocycles. The van der Waals surface area contributed by atoms with Crippen LogP contribution in [0.5, 0.6) is 0 Å². The van der Waals surface area contributed by atoms with Crippen molar-refractivity contribution in [2.75, 3.05) is 31.1 Å². The third-order valence-electron chi connectivity index (χ3n) is 3.45. The Balaban J connectivity index is 1.94. The molecule has 4 nitrogen and oxygen atoms in total. The number of carbonyl (C=O) groups excluding carboxylic acids is 1. The zero-order valence-electron chi connectivity index (χ0n) is 13.1. The second kappa shape index (κ2) is 5.96. The second-order valence-corrected chi connectivity index (χ2v) is 6.39. The summed E-state index contributed by atoms with van der Waals surface area (Å²) in [6, 6.07) is 5.25. The van der Waals surface area contributed by atoms with Crippen LogP contribution in [0.3, 0.4) is 0 Å². The Morgan fingerprint density at radius 3 is 2.38 bits per heavy atom. The number of nitrogens with zero attached hydrogens (tertiary/aromatic N) is 2. The van der Waals surface area contributed by atoms with Crippen LogP contribution in [0.1, 0.15) is 20.8 Å². The van der Waals surface area contributed by atoms with Gasteiger partial charge in [0, 0.05) is 31.9 Å². The van der Waals surface area contributed by atoms with Gasteiger partial charge in [0.2, 0.25) is 0 Å². The second-order valence-electron chi connectivity index (χ2n) is 6.39.